The second kappa shape index (κ2) is 5.97. The lowest BCUT2D eigenvalue weighted by Gasteiger charge is -2.15. The fourth-order valence-corrected chi connectivity index (χ4v) is 2.63. The highest BCUT2D eigenvalue weighted by atomic mass is 79.9. The van der Waals surface area contributed by atoms with E-state index in [9.17, 15) is 18.0 Å². The molecule has 23 heavy (non-hydrogen) atoms. The molecule has 0 fully saturated rings. The predicted octanol–water partition coefficient (Wildman–Crippen LogP) is 2.48. The molecule has 0 saturated heterocycles. The highest BCUT2D eigenvalue weighted by Gasteiger charge is 2.42. The molecular formula is C14H11BrF3N3O2. The van der Waals surface area contributed by atoms with Gasteiger partial charge in [-0.2, -0.15) is 13.2 Å². The lowest BCUT2D eigenvalue weighted by Crippen LogP contribution is -2.35. The minimum Gasteiger partial charge on any atom is -0.312 e. The third-order valence-corrected chi connectivity index (χ3v) is 3.94. The maximum absolute atomic E-state index is 12.4. The van der Waals surface area contributed by atoms with Crippen molar-refractivity contribution in [2.45, 2.75) is 19.1 Å². The van der Waals surface area contributed by atoms with Gasteiger partial charge in [-0.25, -0.2) is 4.79 Å². The Balaban J connectivity index is 2.01. The van der Waals surface area contributed by atoms with Gasteiger partial charge in [0, 0.05) is 35.1 Å². The first-order valence-corrected chi connectivity index (χ1v) is 7.52. The first-order chi connectivity index (χ1) is 10.9. The van der Waals surface area contributed by atoms with Crippen LogP contribution in [0.3, 0.4) is 0 Å². The van der Waals surface area contributed by atoms with Crippen molar-refractivity contribution in [3.05, 3.63) is 40.0 Å². The Bertz CT molecular complexity index is 741. The molecule has 0 spiro atoms. The zero-order valence-corrected chi connectivity index (χ0v) is 13.2. The van der Waals surface area contributed by atoms with Gasteiger partial charge in [-0.1, -0.05) is 32.9 Å². The highest BCUT2D eigenvalue weighted by molar-refractivity contribution is 9.10. The number of fused-ring (bicyclic) bond motifs is 1. The summed E-state index contributed by atoms with van der Waals surface area (Å²) in [6.07, 6.45) is -4.65. The van der Waals surface area contributed by atoms with E-state index in [1.807, 2.05) is 0 Å². The normalized spacial score (nSPS) is 14.4. The van der Waals surface area contributed by atoms with Crippen LogP contribution in [-0.2, 0) is 17.8 Å². The largest absolute Gasteiger partial charge is 0.493 e. The molecule has 9 heteroatoms. The fourth-order valence-electron chi connectivity index (χ4n) is 2.36. The number of halogens is 4. The van der Waals surface area contributed by atoms with Crippen LogP contribution < -0.4 is 10.2 Å². The molecule has 0 aliphatic carbocycles. The summed E-state index contributed by atoms with van der Waals surface area (Å²) in [5, 5.41) is 7.20. The van der Waals surface area contributed by atoms with Crippen molar-refractivity contribution in [2.24, 2.45) is 0 Å². The quantitative estimate of drug-likeness (QED) is 0.857. The molecule has 0 radical (unpaired) electrons. The van der Waals surface area contributed by atoms with E-state index in [1.165, 1.54) is 0 Å². The summed E-state index contributed by atoms with van der Waals surface area (Å²) in [4.78, 5) is 16.2. The average molecular weight is 390 g/mol. The summed E-state index contributed by atoms with van der Waals surface area (Å²) in [6.45, 7) is 1.02. The molecule has 1 aliphatic heterocycles. The van der Waals surface area contributed by atoms with Crippen LogP contribution in [0.4, 0.5) is 13.2 Å². The SMILES string of the molecule is O=C(On1nc(-c2ccc(Br)cc2)c2c1CCNC2)C(F)(F)F. The van der Waals surface area contributed by atoms with Gasteiger partial charge in [0.15, 0.2) is 0 Å². The van der Waals surface area contributed by atoms with Gasteiger partial charge in [0.05, 0.1) is 5.69 Å². The molecule has 2 aromatic rings. The van der Waals surface area contributed by atoms with Crippen LogP contribution in [0.5, 0.6) is 0 Å². The third-order valence-electron chi connectivity index (χ3n) is 3.41. The summed E-state index contributed by atoms with van der Waals surface area (Å²) in [7, 11) is 0. The molecule has 2 heterocycles. The topological polar surface area (TPSA) is 56.2 Å². The van der Waals surface area contributed by atoms with Crippen molar-refractivity contribution >= 4 is 21.9 Å². The van der Waals surface area contributed by atoms with E-state index in [4.69, 9.17) is 0 Å². The average Bonchev–Trinajstić information content (AvgIpc) is 2.86. The van der Waals surface area contributed by atoms with Crippen molar-refractivity contribution < 1.29 is 22.8 Å². The highest BCUT2D eigenvalue weighted by Crippen LogP contribution is 2.28. The first kappa shape index (κ1) is 16.0. The summed E-state index contributed by atoms with van der Waals surface area (Å²) < 4.78 is 38.1. The van der Waals surface area contributed by atoms with Crippen LogP contribution in [0.15, 0.2) is 28.7 Å². The zero-order chi connectivity index (χ0) is 16.6. The standard InChI is InChI=1S/C14H11BrF3N3O2/c15-9-3-1-8(2-4-9)12-10-7-19-6-5-11(10)21(20-12)23-13(22)14(16,17)18/h1-4,19H,5-7H2. The predicted molar refractivity (Wildman–Crippen MR) is 78.4 cm³/mol. The van der Waals surface area contributed by atoms with Crippen LogP contribution in [-0.4, -0.2) is 28.6 Å². The van der Waals surface area contributed by atoms with Gasteiger partial charge in [0.2, 0.25) is 0 Å². The number of aromatic nitrogens is 2. The maximum atomic E-state index is 12.4. The van der Waals surface area contributed by atoms with Crippen LogP contribution in [0, 0.1) is 0 Å². The molecule has 1 N–H and O–H groups in total. The number of nitrogens with one attached hydrogen (secondary N) is 1. The molecule has 0 atom stereocenters. The lowest BCUT2D eigenvalue weighted by molar-refractivity contribution is -0.201. The van der Waals surface area contributed by atoms with Gasteiger partial charge in [-0.05, 0) is 12.1 Å². The molecule has 1 aromatic carbocycles. The molecule has 1 aromatic heterocycles. The van der Waals surface area contributed by atoms with Crippen molar-refractivity contribution in [3.63, 3.8) is 0 Å². The molecule has 0 amide bonds. The summed E-state index contributed by atoms with van der Waals surface area (Å²) in [5.41, 5.74) is 2.43. The molecule has 5 nitrogen and oxygen atoms in total. The van der Waals surface area contributed by atoms with Crippen LogP contribution in [0.2, 0.25) is 0 Å². The number of alkyl halides is 3. The number of hydrogen-bond acceptors (Lipinski definition) is 4. The van der Waals surface area contributed by atoms with Gasteiger partial charge >= 0.3 is 12.1 Å². The smallest absolute Gasteiger partial charge is 0.312 e. The van der Waals surface area contributed by atoms with E-state index < -0.39 is 12.1 Å². The van der Waals surface area contributed by atoms with Gasteiger partial charge in [0.25, 0.3) is 0 Å². The second-order valence-electron chi connectivity index (χ2n) is 4.96. The summed E-state index contributed by atoms with van der Waals surface area (Å²) in [6, 6.07) is 7.19. The Morgan fingerprint density at radius 3 is 2.65 bits per heavy atom. The van der Waals surface area contributed by atoms with Gasteiger partial charge in [-0.3, -0.25) is 0 Å². The number of hydrogen-bond donors (Lipinski definition) is 1. The molecule has 0 unspecified atom stereocenters. The molecule has 0 saturated carbocycles. The van der Waals surface area contributed by atoms with E-state index in [-0.39, 0.29) is 0 Å². The Hall–Kier alpha value is -1.87. The van der Waals surface area contributed by atoms with Crippen molar-refractivity contribution in [2.75, 3.05) is 6.54 Å². The Morgan fingerprint density at radius 1 is 1.30 bits per heavy atom. The maximum Gasteiger partial charge on any atom is 0.493 e. The third kappa shape index (κ3) is 3.25. The van der Waals surface area contributed by atoms with E-state index in [1.54, 1.807) is 24.3 Å². The number of carbonyl (C=O) groups is 1. The van der Waals surface area contributed by atoms with Crippen molar-refractivity contribution in [1.82, 2.24) is 15.3 Å². The minimum atomic E-state index is -5.07. The number of benzene rings is 1. The molecule has 122 valence electrons. The minimum absolute atomic E-state index is 0.421. The number of nitrogens with zero attached hydrogens (tertiary/aromatic N) is 2. The van der Waals surface area contributed by atoms with E-state index in [0.717, 1.165) is 15.6 Å². The van der Waals surface area contributed by atoms with E-state index in [0.29, 0.717) is 35.7 Å². The molecule has 0 bridgehead atoms. The Morgan fingerprint density at radius 2 is 2.00 bits per heavy atom. The van der Waals surface area contributed by atoms with Crippen LogP contribution >= 0.6 is 15.9 Å². The zero-order valence-electron chi connectivity index (χ0n) is 11.7. The van der Waals surface area contributed by atoms with Gasteiger partial charge < -0.3 is 10.2 Å². The van der Waals surface area contributed by atoms with Crippen LogP contribution in [0.25, 0.3) is 11.3 Å². The van der Waals surface area contributed by atoms with Gasteiger partial charge in [-0.15, -0.1) is 5.10 Å². The van der Waals surface area contributed by atoms with E-state index >= 15 is 0 Å². The Labute approximate surface area is 137 Å². The lowest BCUT2D eigenvalue weighted by atomic mass is 10.0. The fraction of sp³-hybridized carbons (Fsp3) is 0.286. The van der Waals surface area contributed by atoms with E-state index in [2.05, 4.69) is 31.2 Å². The monoisotopic (exact) mass is 389 g/mol. The Kier molecular flexibility index (Phi) is 4.15. The van der Waals surface area contributed by atoms with Crippen molar-refractivity contribution in [3.8, 4) is 11.3 Å². The van der Waals surface area contributed by atoms with Crippen LogP contribution in [0.1, 0.15) is 11.3 Å². The number of rotatable bonds is 2. The first-order valence-electron chi connectivity index (χ1n) is 6.73. The summed E-state index contributed by atoms with van der Waals surface area (Å²) in [5.74, 6) is -2.29. The second-order valence-corrected chi connectivity index (χ2v) is 5.87. The molecule has 3 rings (SSSR count). The summed E-state index contributed by atoms with van der Waals surface area (Å²) >= 11 is 3.32. The van der Waals surface area contributed by atoms with Crippen molar-refractivity contribution in [1.29, 1.82) is 0 Å². The molecular weight excluding hydrogens is 379 g/mol. The molecule has 1 aliphatic rings. The number of carbonyl (C=O) groups excluding carboxylic acids is 1. The van der Waals surface area contributed by atoms with Gasteiger partial charge in [0.1, 0.15) is 5.69 Å².